The van der Waals surface area contributed by atoms with Crippen molar-refractivity contribution >= 4 is 27.9 Å². The van der Waals surface area contributed by atoms with E-state index in [4.69, 9.17) is 0 Å². The fourth-order valence-corrected chi connectivity index (χ4v) is 6.13. The van der Waals surface area contributed by atoms with Gasteiger partial charge >= 0.3 is 6.03 Å². The third-order valence-corrected chi connectivity index (χ3v) is 8.87. The third kappa shape index (κ3) is 4.01. The Morgan fingerprint density at radius 2 is 1.81 bits per heavy atom. The van der Waals surface area contributed by atoms with Crippen LogP contribution in [0.4, 0.5) is 4.79 Å². The van der Waals surface area contributed by atoms with E-state index >= 15 is 0 Å². The van der Waals surface area contributed by atoms with Gasteiger partial charge in [0.1, 0.15) is 5.54 Å². The second-order valence-corrected chi connectivity index (χ2v) is 11.0. The van der Waals surface area contributed by atoms with E-state index in [-0.39, 0.29) is 13.1 Å². The largest absolute Gasteiger partial charge is 0.344 e. The van der Waals surface area contributed by atoms with E-state index in [0.717, 1.165) is 36.3 Å². The highest BCUT2D eigenvalue weighted by atomic mass is 32.2. The maximum Gasteiger partial charge on any atom is 0.344 e. The van der Waals surface area contributed by atoms with Crippen molar-refractivity contribution in [2.75, 3.05) is 13.1 Å². The minimum absolute atomic E-state index is 0.213. The van der Waals surface area contributed by atoms with Gasteiger partial charge in [-0.2, -0.15) is 9.31 Å². The Labute approximate surface area is 188 Å². The summed E-state index contributed by atoms with van der Waals surface area (Å²) in [7, 11) is -3.63. The zero-order valence-corrected chi connectivity index (χ0v) is 19.3. The summed E-state index contributed by atoms with van der Waals surface area (Å²) in [6, 6.07) is 4.75. The van der Waals surface area contributed by atoms with Crippen molar-refractivity contribution in [3.63, 3.8) is 0 Å². The molecule has 0 radical (unpaired) electrons. The molecule has 1 aliphatic carbocycles. The molecule has 0 bridgehead atoms. The first kappa shape index (κ1) is 22.7. The summed E-state index contributed by atoms with van der Waals surface area (Å²) in [6.45, 7) is 3.82. The molecule has 9 nitrogen and oxygen atoms in total. The first-order valence-corrected chi connectivity index (χ1v) is 12.7. The van der Waals surface area contributed by atoms with E-state index in [1.165, 1.54) is 9.87 Å². The van der Waals surface area contributed by atoms with Gasteiger partial charge in [0, 0.05) is 19.0 Å². The van der Waals surface area contributed by atoms with Crippen LogP contribution in [0.5, 0.6) is 0 Å². The summed E-state index contributed by atoms with van der Waals surface area (Å²) in [5.74, 6) is -1.41. The minimum atomic E-state index is -3.63. The van der Waals surface area contributed by atoms with Crippen molar-refractivity contribution in [3.05, 3.63) is 29.3 Å². The number of hydrogen-bond acceptors (Lipinski definition) is 5. The van der Waals surface area contributed by atoms with Gasteiger partial charge in [-0.15, -0.1) is 0 Å². The summed E-state index contributed by atoms with van der Waals surface area (Å²) in [5, 5.41) is 3.33. The lowest BCUT2D eigenvalue weighted by Gasteiger charge is -2.31. The number of aryl methyl sites for hydroxylation is 2. The van der Waals surface area contributed by atoms with E-state index in [0.29, 0.717) is 24.2 Å². The quantitative estimate of drug-likeness (QED) is 0.647. The fraction of sp³-hybridized carbons (Fsp3) is 0.591. The number of carbonyl (C=O) groups excluding carboxylic acids is 3. The van der Waals surface area contributed by atoms with Gasteiger partial charge in [0.25, 0.3) is 5.91 Å². The molecule has 2 heterocycles. The Kier molecular flexibility index (Phi) is 6.02. The molecule has 0 spiro atoms. The molecule has 4 rings (SSSR count). The first-order valence-electron chi connectivity index (χ1n) is 11.2. The number of nitrogens with zero attached hydrogens (tertiary/aromatic N) is 2. The maximum absolute atomic E-state index is 13.1. The molecule has 2 saturated heterocycles. The summed E-state index contributed by atoms with van der Waals surface area (Å²) in [6.07, 6.45) is 5.16. The number of carbonyl (C=O) groups is 3. The number of sulfonamides is 1. The van der Waals surface area contributed by atoms with E-state index in [9.17, 15) is 22.8 Å². The summed E-state index contributed by atoms with van der Waals surface area (Å²) >= 11 is 0. The van der Waals surface area contributed by atoms with E-state index in [1.807, 2.05) is 6.07 Å². The smallest absolute Gasteiger partial charge is 0.322 e. The zero-order valence-electron chi connectivity index (χ0n) is 18.5. The molecule has 2 fully saturated rings. The second kappa shape index (κ2) is 8.47. The zero-order chi connectivity index (χ0) is 23.1. The Balaban J connectivity index is 1.38. The fourth-order valence-electron chi connectivity index (χ4n) is 4.60. The number of rotatable bonds is 5. The van der Waals surface area contributed by atoms with Crippen LogP contribution in [0.3, 0.4) is 0 Å². The molecule has 0 aromatic heterocycles. The molecule has 1 atom stereocenters. The van der Waals surface area contributed by atoms with Gasteiger partial charge in [-0.25, -0.2) is 13.2 Å². The van der Waals surface area contributed by atoms with Crippen molar-refractivity contribution in [2.24, 2.45) is 5.92 Å². The number of hydrogen-bond donors (Lipinski definition) is 2. The van der Waals surface area contributed by atoms with E-state index in [1.54, 1.807) is 26.0 Å². The molecule has 4 amide bonds. The van der Waals surface area contributed by atoms with Crippen LogP contribution in [-0.4, -0.2) is 54.2 Å². The van der Waals surface area contributed by atoms with Gasteiger partial charge in [-0.05, 0) is 75.1 Å². The Hall–Kier alpha value is -2.46. The molecular formula is C22H30N4O5S. The van der Waals surface area contributed by atoms with Crippen LogP contribution in [0.25, 0.3) is 0 Å². The van der Waals surface area contributed by atoms with Crippen LogP contribution in [0, 0.1) is 5.92 Å². The van der Waals surface area contributed by atoms with Crippen LogP contribution in [0.2, 0.25) is 0 Å². The van der Waals surface area contributed by atoms with Crippen LogP contribution < -0.4 is 10.7 Å². The van der Waals surface area contributed by atoms with Gasteiger partial charge in [0.15, 0.2) is 0 Å². The van der Waals surface area contributed by atoms with Gasteiger partial charge in [0.2, 0.25) is 15.9 Å². The Bertz CT molecular complexity index is 1050. The average molecular weight is 463 g/mol. The molecule has 2 N–H and O–H groups in total. The number of hydrazine groups is 1. The van der Waals surface area contributed by atoms with Crippen molar-refractivity contribution in [1.82, 2.24) is 20.1 Å². The Morgan fingerprint density at radius 3 is 2.44 bits per heavy atom. The number of fused-ring (bicyclic) bond motifs is 1. The van der Waals surface area contributed by atoms with Gasteiger partial charge in [0.05, 0.1) is 4.90 Å². The molecule has 32 heavy (non-hydrogen) atoms. The highest BCUT2D eigenvalue weighted by Gasteiger charge is 2.48. The number of piperidine rings is 1. The van der Waals surface area contributed by atoms with Crippen molar-refractivity contribution < 1.29 is 22.8 Å². The van der Waals surface area contributed by atoms with Crippen molar-refractivity contribution in [1.29, 1.82) is 0 Å². The molecule has 2 aliphatic heterocycles. The molecule has 1 aromatic rings. The normalized spacial score (nSPS) is 24.9. The van der Waals surface area contributed by atoms with Crippen LogP contribution in [0.15, 0.2) is 23.1 Å². The van der Waals surface area contributed by atoms with E-state index in [2.05, 4.69) is 10.7 Å². The topological polar surface area (TPSA) is 116 Å². The molecule has 0 unspecified atom stereocenters. The van der Waals surface area contributed by atoms with Crippen LogP contribution in [0.1, 0.15) is 57.1 Å². The average Bonchev–Trinajstić information content (AvgIpc) is 3.02. The van der Waals surface area contributed by atoms with Crippen LogP contribution >= 0.6 is 0 Å². The second-order valence-electron chi connectivity index (χ2n) is 9.05. The molecule has 174 valence electrons. The van der Waals surface area contributed by atoms with Gasteiger partial charge in [-0.3, -0.25) is 15.0 Å². The molecule has 0 saturated carbocycles. The Morgan fingerprint density at radius 1 is 1.16 bits per heavy atom. The molecule has 3 aliphatic rings. The number of urea groups is 1. The van der Waals surface area contributed by atoms with Gasteiger partial charge < -0.3 is 5.32 Å². The molecule has 10 heteroatoms. The van der Waals surface area contributed by atoms with E-state index < -0.39 is 39.3 Å². The van der Waals surface area contributed by atoms with Gasteiger partial charge in [-0.1, -0.05) is 13.0 Å². The van der Waals surface area contributed by atoms with Crippen LogP contribution in [-0.2, 0) is 32.5 Å². The highest BCUT2D eigenvalue weighted by molar-refractivity contribution is 7.89. The van der Waals surface area contributed by atoms with Crippen molar-refractivity contribution in [2.45, 2.75) is 69.2 Å². The lowest BCUT2D eigenvalue weighted by Crippen LogP contribution is -2.51. The third-order valence-electron chi connectivity index (χ3n) is 6.97. The minimum Gasteiger partial charge on any atom is -0.322 e. The lowest BCUT2D eigenvalue weighted by molar-refractivity contribution is -0.140. The lowest BCUT2D eigenvalue weighted by atomic mass is 9.92. The monoisotopic (exact) mass is 462 g/mol. The summed E-state index contributed by atoms with van der Waals surface area (Å²) in [5.41, 5.74) is 3.73. The first-order chi connectivity index (χ1) is 15.2. The summed E-state index contributed by atoms with van der Waals surface area (Å²) < 4.78 is 27.7. The number of benzene rings is 1. The maximum atomic E-state index is 13.1. The predicted octanol–water partition coefficient (Wildman–Crippen LogP) is 1.72. The molecular weight excluding hydrogens is 432 g/mol. The SMILES string of the molecule is CC[C@]1(C)NC(=O)N(NC(=O)C2CCN(S(=O)(=O)c3ccc4c(c3)CCCC4)CC2)C1=O. The number of amides is 4. The number of nitrogens with one attached hydrogen (secondary N) is 2. The van der Waals surface area contributed by atoms with Crippen molar-refractivity contribution in [3.8, 4) is 0 Å². The standard InChI is InChI=1S/C22H30N4O5S/c1-3-22(2)20(28)26(21(29)23-22)24-19(27)16-10-12-25(13-11-16)32(30,31)18-9-8-15-6-4-5-7-17(15)14-18/h8-9,14,16H,3-7,10-13H2,1-2H3,(H,23,29)(H,24,27)/t22-/m0/s1. The predicted molar refractivity (Wildman–Crippen MR) is 117 cm³/mol. The number of imide groups is 1. The highest BCUT2D eigenvalue weighted by Crippen LogP contribution is 2.28. The molecule has 1 aromatic carbocycles. The summed E-state index contributed by atoms with van der Waals surface area (Å²) in [4.78, 5) is 37.6.